The summed E-state index contributed by atoms with van der Waals surface area (Å²) in [7, 11) is 0. The molecule has 0 N–H and O–H groups in total. The summed E-state index contributed by atoms with van der Waals surface area (Å²) in [4.78, 5) is 12.1. The van der Waals surface area contributed by atoms with E-state index in [-0.39, 0.29) is 5.97 Å². The van der Waals surface area contributed by atoms with E-state index in [2.05, 4.69) is 11.3 Å². The van der Waals surface area contributed by atoms with Crippen LogP contribution in [0.1, 0.15) is 46.2 Å². The molecule has 3 heteroatoms. The Morgan fingerprint density at radius 1 is 1.30 bits per heavy atom. The normalized spacial score (nSPS) is 11.8. The Balaban J connectivity index is 2.36. The van der Waals surface area contributed by atoms with Gasteiger partial charge in [0.15, 0.2) is 5.75 Å². The molecule has 0 unspecified atom stereocenters. The summed E-state index contributed by atoms with van der Waals surface area (Å²) < 4.78 is 7.70. The molecule has 0 aliphatic heterocycles. The number of carbonyl (C=O) groups excluding carboxylic acids is 1. The number of hydrogen-bond donors (Lipinski definition) is 0. The highest BCUT2D eigenvalue weighted by Gasteiger charge is 2.25. The highest BCUT2D eigenvalue weighted by Crippen LogP contribution is 2.28. The minimum atomic E-state index is -0.493. The molecule has 0 atom stereocenters. The van der Waals surface area contributed by atoms with Gasteiger partial charge in [0.2, 0.25) is 0 Å². The number of fused-ring (bicyclic) bond motifs is 1. The average Bonchev–Trinajstić information content (AvgIpc) is 2.74. The summed E-state index contributed by atoms with van der Waals surface area (Å²) in [5.41, 5.74) is 1.66. The number of aromatic nitrogens is 1. The topological polar surface area (TPSA) is 30.7 Å². The Kier molecular flexibility index (Phi) is 4.17. The Bertz CT molecular complexity index is 605. The molecular formula is C17H23NO2. The lowest BCUT2D eigenvalue weighted by Crippen LogP contribution is -2.25. The van der Waals surface area contributed by atoms with Crippen LogP contribution < -0.4 is 4.74 Å². The number of esters is 1. The number of unbranched alkanes of at least 4 members (excludes halogenated alkanes) is 1. The van der Waals surface area contributed by atoms with Gasteiger partial charge < -0.3 is 9.14 Å². The first-order chi connectivity index (χ1) is 9.43. The highest BCUT2D eigenvalue weighted by molar-refractivity contribution is 5.80. The molecule has 20 heavy (non-hydrogen) atoms. The molecule has 108 valence electrons. The minimum absolute atomic E-state index is 0.198. The number of carbonyl (C=O) groups is 1. The summed E-state index contributed by atoms with van der Waals surface area (Å²) in [5, 5.41) is 0. The van der Waals surface area contributed by atoms with Crippen molar-refractivity contribution in [2.24, 2.45) is 5.41 Å². The minimum Gasteiger partial charge on any atom is -0.424 e. The number of aryl methyl sites for hydroxylation is 1. The van der Waals surface area contributed by atoms with Gasteiger partial charge in [-0.3, -0.25) is 4.79 Å². The molecule has 2 aromatic heterocycles. The van der Waals surface area contributed by atoms with E-state index < -0.39 is 5.41 Å². The second kappa shape index (κ2) is 5.70. The molecule has 3 nitrogen and oxygen atoms in total. The predicted octanol–water partition coefficient (Wildman–Crippen LogP) is 4.23. The fourth-order valence-electron chi connectivity index (χ4n) is 2.07. The number of hydrogen-bond acceptors (Lipinski definition) is 2. The van der Waals surface area contributed by atoms with Gasteiger partial charge in [-0.05, 0) is 45.7 Å². The molecule has 0 radical (unpaired) electrons. The van der Waals surface area contributed by atoms with Crippen LogP contribution in [-0.4, -0.2) is 10.4 Å². The van der Waals surface area contributed by atoms with Gasteiger partial charge in [-0.2, -0.15) is 0 Å². The van der Waals surface area contributed by atoms with E-state index in [1.54, 1.807) is 0 Å². The van der Waals surface area contributed by atoms with Crippen molar-refractivity contribution in [2.75, 3.05) is 0 Å². The molecule has 0 bridgehead atoms. The molecule has 2 heterocycles. The standard InChI is InChI=1S/C17H23NO2/c1-5-6-9-13-12-15(20-16(19)17(2,3)4)14-10-7-8-11-18(13)14/h7-8,10-12H,5-6,9H2,1-4H3. The van der Waals surface area contributed by atoms with E-state index >= 15 is 0 Å². The van der Waals surface area contributed by atoms with Gasteiger partial charge in [-0.15, -0.1) is 0 Å². The summed E-state index contributed by atoms with van der Waals surface area (Å²) >= 11 is 0. The Morgan fingerprint density at radius 3 is 2.70 bits per heavy atom. The summed E-state index contributed by atoms with van der Waals surface area (Å²) in [5.74, 6) is 0.465. The highest BCUT2D eigenvalue weighted by atomic mass is 16.5. The van der Waals surface area contributed by atoms with Crippen LogP contribution in [0, 0.1) is 5.41 Å². The van der Waals surface area contributed by atoms with Crippen LogP contribution in [0.3, 0.4) is 0 Å². The summed E-state index contributed by atoms with van der Waals surface area (Å²) in [6, 6.07) is 7.94. The first-order valence-electron chi connectivity index (χ1n) is 7.24. The van der Waals surface area contributed by atoms with Crippen molar-refractivity contribution in [1.29, 1.82) is 0 Å². The van der Waals surface area contributed by atoms with E-state index in [1.165, 1.54) is 5.69 Å². The van der Waals surface area contributed by atoms with Crippen molar-refractivity contribution in [3.63, 3.8) is 0 Å². The lowest BCUT2D eigenvalue weighted by atomic mass is 9.97. The van der Waals surface area contributed by atoms with Crippen molar-refractivity contribution in [3.05, 3.63) is 36.2 Å². The lowest BCUT2D eigenvalue weighted by molar-refractivity contribution is -0.142. The third-order valence-corrected chi connectivity index (χ3v) is 3.32. The van der Waals surface area contributed by atoms with E-state index in [4.69, 9.17) is 4.74 Å². The van der Waals surface area contributed by atoms with Crippen molar-refractivity contribution in [2.45, 2.75) is 47.0 Å². The second-order valence-electron chi connectivity index (χ2n) is 6.20. The zero-order chi connectivity index (χ0) is 14.8. The Labute approximate surface area is 120 Å². The van der Waals surface area contributed by atoms with E-state index in [0.29, 0.717) is 5.75 Å². The monoisotopic (exact) mass is 273 g/mol. The van der Waals surface area contributed by atoms with Gasteiger partial charge in [0.1, 0.15) is 0 Å². The number of ether oxygens (including phenoxy) is 1. The number of nitrogens with zero attached hydrogens (tertiary/aromatic N) is 1. The maximum Gasteiger partial charge on any atom is 0.316 e. The van der Waals surface area contributed by atoms with Crippen molar-refractivity contribution in [1.82, 2.24) is 4.40 Å². The van der Waals surface area contributed by atoms with Crippen LogP contribution in [0.4, 0.5) is 0 Å². The second-order valence-corrected chi connectivity index (χ2v) is 6.20. The Hall–Kier alpha value is -1.77. The zero-order valence-electron chi connectivity index (χ0n) is 12.8. The molecule has 0 saturated carbocycles. The van der Waals surface area contributed by atoms with Gasteiger partial charge in [-0.1, -0.05) is 19.4 Å². The fraction of sp³-hybridized carbons (Fsp3) is 0.471. The maximum absolute atomic E-state index is 12.1. The van der Waals surface area contributed by atoms with E-state index in [9.17, 15) is 4.79 Å². The van der Waals surface area contributed by atoms with Crippen molar-refractivity contribution < 1.29 is 9.53 Å². The van der Waals surface area contributed by atoms with Crippen LogP contribution in [0.5, 0.6) is 5.75 Å². The average molecular weight is 273 g/mol. The predicted molar refractivity (Wildman–Crippen MR) is 81.1 cm³/mol. The number of pyridine rings is 1. The SMILES string of the molecule is CCCCc1cc(OC(=O)C(C)(C)C)c2ccccn12. The van der Waals surface area contributed by atoms with Crippen molar-refractivity contribution in [3.8, 4) is 5.75 Å². The molecule has 0 spiro atoms. The first kappa shape index (κ1) is 14.6. The maximum atomic E-state index is 12.1. The first-order valence-corrected chi connectivity index (χ1v) is 7.24. The van der Waals surface area contributed by atoms with Gasteiger partial charge >= 0.3 is 5.97 Å². The third-order valence-electron chi connectivity index (χ3n) is 3.32. The molecule has 2 rings (SSSR count). The zero-order valence-corrected chi connectivity index (χ0v) is 12.8. The van der Waals surface area contributed by atoms with E-state index in [0.717, 1.165) is 24.8 Å². The molecule has 0 saturated heterocycles. The largest absolute Gasteiger partial charge is 0.424 e. The van der Waals surface area contributed by atoms with Gasteiger partial charge in [0.05, 0.1) is 10.9 Å². The van der Waals surface area contributed by atoms with Gasteiger partial charge in [0.25, 0.3) is 0 Å². The number of rotatable bonds is 4. The summed E-state index contributed by atoms with van der Waals surface area (Å²) in [6.07, 6.45) is 5.30. The van der Waals surface area contributed by atoms with E-state index in [1.807, 2.05) is 51.2 Å². The van der Waals surface area contributed by atoms with Crippen LogP contribution in [0.25, 0.3) is 5.52 Å². The molecule has 0 aromatic carbocycles. The molecule has 0 fully saturated rings. The lowest BCUT2D eigenvalue weighted by Gasteiger charge is -2.15. The quantitative estimate of drug-likeness (QED) is 0.780. The Morgan fingerprint density at radius 2 is 2.05 bits per heavy atom. The smallest absolute Gasteiger partial charge is 0.316 e. The summed E-state index contributed by atoms with van der Waals surface area (Å²) in [6.45, 7) is 7.78. The fourth-order valence-corrected chi connectivity index (χ4v) is 2.07. The van der Waals surface area contributed by atoms with Crippen molar-refractivity contribution >= 4 is 11.5 Å². The molecule has 0 amide bonds. The van der Waals surface area contributed by atoms with Gasteiger partial charge in [-0.25, -0.2) is 0 Å². The molecule has 0 aliphatic carbocycles. The molecule has 0 aliphatic rings. The third kappa shape index (κ3) is 3.03. The van der Waals surface area contributed by atoms with Crippen LogP contribution in [-0.2, 0) is 11.2 Å². The molecular weight excluding hydrogens is 250 g/mol. The van der Waals surface area contributed by atoms with Crippen LogP contribution >= 0.6 is 0 Å². The van der Waals surface area contributed by atoms with Crippen LogP contribution in [0.2, 0.25) is 0 Å². The molecule has 2 aromatic rings. The van der Waals surface area contributed by atoms with Crippen LogP contribution in [0.15, 0.2) is 30.5 Å². The van der Waals surface area contributed by atoms with Gasteiger partial charge in [0, 0.05) is 18.0 Å².